The summed E-state index contributed by atoms with van der Waals surface area (Å²) in [5.41, 5.74) is 17.6. The molecule has 0 unspecified atom stereocenters. The van der Waals surface area contributed by atoms with E-state index in [0.717, 1.165) is 48.3 Å². The molecule has 2 N–H and O–H groups in total. The maximum absolute atomic E-state index is 10.2. The van der Waals surface area contributed by atoms with Crippen molar-refractivity contribution in [2.75, 3.05) is 0 Å². The van der Waals surface area contributed by atoms with Crippen molar-refractivity contribution < 1.29 is 10.0 Å². The Hall–Kier alpha value is -11.5. The Balaban J connectivity index is 0.000000129. The molecule has 0 aliphatic heterocycles. The largest absolute Gasteiger partial charge is 0.489 e. The zero-order valence-corrected chi connectivity index (χ0v) is 54.1. The van der Waals surface area contributed by atoms with Gasteiger partial charge in [-0.1, -0.05) is 363 Å². The SMILES string of the molecule is Brc1ccc(-c2ccc3ccc4ccccc4c3c2)cc1.C.OB(O)c1c2ccccc2c(-c2ccccc2-c2ccccc2)c2ccccc12.c1ccc(-c2ccccc2-c2c3ccccc3c(-c3ccc(-c4ccc5ccc6ccccc6c5c4)cc3)c3ccccc23)cc1. The van der Waals surface area contributed by atoms with Crippen LogP contribution >= 0.6 is 15.9 Å². The fourth-order valence-electron chi connectivity index (χ4n) is 14.4. The van der Waals surface area contributed by atoms with Crippen LogP contribution in [0, 0.1) is 0 Å². The maximum Gasteiger partial charge on any atom is 0.489 e. The van der Waals surface area contributed by atoms with Gasteiger partial charge >= 0.3 is 7.12 Å². The van der Waals surface area contributed by atoms with Crippen molar-refractivity contribution in [2.24, 2.45) is 0 Å². The Morgan fingerprint density at radius 2 is 0.464 bits per heavy atom. The molecule has 0 atom stereocenters. The fourth-order valence-corrected chi connectivity index (χ4v) is 14.7. The quantitative estimate of drug-likeness (QED) is 0.0904. The van der Waals surface area contributed by atoms with Crippen LogP contribution in [-0.4, -0.2) is 17.2 Å². The molecule has 97 heavy (non-hydrogen) atoms. The lowest BCUT2D eigenvalue weighted by molar-refractivity contribution is 0.426. The minimum Gasteiger partial charge on any atom is -0.423 e. The van der Waals surface area contributed by atoms with Crippen LogP contribution in [0.25, 0.3) is 164 Å². The first kappa shape index (κ1) is 61.7. The van der Waals surface area contributed by atoms with Crippen LogP contribution in [0.3, 0.4) is 0 Å². The van der Waals surface area contributed by atoms with E-state index in [1.807, 2.05) is 54.6 Å². The molecular weight excluding hydrogens is 1240 g/mol. The normalized spacial score (nSPS) is 11.2. The van der Waals surface area contributed by atoms with Gasteiger partial charge in [-0.3, -0.25) is 0 Å². The molecule has 0 aliphatic carbocycles. The van der Waals surface area contributed by atoms with Gasteiger partial charge in [0.05, 0.1) is 0 Å². The van der Waals surface area contributed by atoms with Crippen LogP contribution in [0.5, 0.6) is 0 Å². The molecule has 0 fully saturated rings. The summed E-state index contributed by atoms with van der Waals surface area (Å²) in [5, 5.41) is 39.5. The summed E-state index contributed by atoms with van der Waals surface area (Å²) in [4.78, 5) is 0. The third-order valence-corrected chi connectivity index (χ3v) is 19.4. The van der Waals surface area contributed by atoms with Crippen molar-refractivity contribution in [3.05, 3.63) is 368 Å². The molecule has 0 bridgehead atoms. The Labute approximate surface area is 574 Å². The maximum atomic E-state index is 10.2. The Bertz CT molecular complexity index is 5810. The molecule has 0 heterocycles. The standard InChI is InChI=1S/C46H30.C26H19BO2.C20H13Br.CH4/c1-2-12-32(13-3-1)37-15-6-7-17-39(37)46-42-20-10-8-18-40(42)45(41-19-9-11-21-43(41)46)35-27-22-31(23-28-35)36-29-26-34-25-24-33-14-4-5-16-38(33)44(34)30-36;28-27(29)26-23-16-8-6-14-21(23)25(22-15-7-9-17-24(22)26)20-13-5-4-12-19(20)18-10-2-1-3-11-18;21-18-11-9-14(10-12-18)17-8-7-16-6-5-15-3-1-2-4-19(15)20(16)13-17;/h1-30H;1-17,28-29H;1-13H;1H4. The molecule has 0 radical (unpaired) electrons. The van der Waals surface area contributed by atoms with Crippen molar-refractivity contribution in [1.82, 2.24) is 0 Å². The molecule has 18 aromatic carbocycles. The number of hydrogen-bond donors (Lipinski definition) is 2. The van der Waals surface area contributed by atoms with Gasteiger partial charge in [-0.2, -0.15) is 0 Å². The van der Waals surface area contributed by atoms with Crippen molar-refractivity contribution in [2.45, 2.75) is 7.43 Å². The monoisotopic (exact) mass is 1300 g/mol. The third-order valence-electron chi connectivity index (χ3n) is 18.9. The molecule has 4 heteroatoms. The fraction of sp³-hybridized carbons (Fsp3) is 0.0108. The van der Waals surface area contributed by atoms with Crippen molar-refractivity contribution in [1.29, 1.82) is 0 Å². The average molecular weight is 1310 g/mol. The minimum absolute atomic E-state index is 0. The summed E-state index contributed by atoms with van der Waals surface area (Å²) in [7, 11) is -1.54. The van der Waals surface area contributed by atoms with E-state index >= 15 is 0 Å². The second-order valence-electron chi connectivity index (χ2n) is 24.4. The van der Waals surface area contributed by atoms with Gasteiger partial charge in [0.15, 0.2) is 0 Å². The highest BCUT2D eigenvalue weighted by atomic mass is 79.9. The second-order valence-corrected chi connectivity index (χ2v) is 25.4. The Kier molecular flexibility index (Phi) is 17.2. The number of halogens is 1. The Morgan fingerprint density at radius 1 is 0.196 bits per heavy atom. The van der Waals surface area contributed by atoms with E-state index in [1.165, 1.54) is 120 Å². The first-order valence-electron chi connectivity index (χ1n) is 32.6. The summed E-state index contributed by atoms with van der Waals surface area (Å²) < 4.78 is 1.11. The molecule has 0 amide bonds. The molecule has 18 rings (SSSR count). The predicted octanol–water partition coefficient (Wildman–Crippen LogP) is 25.0. The van der Waals surface area contributed by atoms with Crippen molar-refractivity contribution in [3.8, 4) is 77.9 Å². The summed E-state index contributed by atoms with van der Waals surface area (Å²) in [6.45, 7) is 0. The molecular formula is C93H66BBrO2. The smallest absolute Gasteiger partial charge is 0.423 e. The molecule has 0 aromatic heterocycles. The summed E-state index contributed by atoms with van der Waals surface area (Å²) in [5.74, 6) is 0. The van der Waals surface area contributed by atoms with Gasteiger partial charge in [0, 0.05) is 4.47 Å². The predicted molar refractivity (Wildman–Crippen MR) is 422 cm³/mol. The topological polar surface area (TPSA) is 40.5 Å². The lowest BCUT2D eigenvalue weighted by Gasteiger charge is -2.20. The summed E-state index contributed by atoms with van der Waals surface area (Å²) >= 11 is 3.49. The summed E-state index contributed by atoms with van der Waals surface area (Å²) in [6, 6.07) is 129. The van der Waals surface area contributed by atoms with E-state index < -0.39 is 7.12 Å². The molecule has 2 nitrogen and oxygen atoms in total. The molecule has 0 saturated carbocycles. The van der Waals surface area contributed by atoms with E-state index in [4.69, 9.17) is 0 Å². The van der Waals surface area contributed by atoms with Gasteiger partial charge in [0.1, 0.15) is 0 Å². The van der Waals surface area contributed by atoms with Gasteiger partial charge in [-0.25, -0.2) is 0 Å². The second kappa shape index (κ2) is 27.1. The van der Waals surface area contributed by atoms with Crippen molar-refractivity contribution >= 4 is 115 Å². The number of benzene rings is 18. The highest BCUT2D eigenvalue weighted by molar-refractivity contribution is 9.10. The number of rotatable bonds is 8. The Morgan fingerprint density at radius 3 is 0.856 bits per heavy atom. The lowest BCUT2D eigenvalue weighted by Crippen LogP contribution is -2.31. The molecule has 0 spiro atoms. The molecule has 0 saturated heterocycles. The summed E-state index contributed by atoms with van der Waals surface area (Å²) in [6.07, 6.45) is 0. The molecule has 18 aromatic rings. The van der Waals surface area contributed by atoms with Crippen LogP contribution in [0.2, 0.25) is 0 Å². The minimum atomic E-state index is -1.54. The van der Waals surface area contributed by atoms with Crippen LogP contribution in [0.15, 0.2) is 368 Å². The zero-order valence-electron chi connectivity index (χ0n) is 52.5. The lowest BCUT2D eigenvalue weighted by atomic mass is 9.72. The van der Waals surface area contributed by atoms with E-state index in [2.05, 4.69) is 325 Å². The first-order valence-corrected chi connectivity index (χ1v) is 33.4. The van der Waals surface area contributed by atoms with Crippen LogP contribution < -0.4 is 5.46 Å². The van der Waals surface area contributed by atoms with E-state index in [0.29, 0.717) is 5.46 Å². The van der Waals surface area contributed by atoms with Gasteiger partial charge in [-0.05, 0) is 194 Å². The van der Waals surface area contributed by atoms with Crippen LogP contribution in [-0.2, 0) is 0 Å². The van der Waals surface area contributed by atoms with Crippen LogP contribution in [0.4, 0.5) is 0 Å². The number of hydrogen-bond acceptors (Lipinski definition) is 2. The highest BCUT2D eigenvalue weighted by Crippen LogP contribution is 2.47. The van der Waals surface area contributed by atoms with Crippen molar-refractivity contribution in [3.63, 3.8) is 0 Å². The zero-order chi connectivity index (χ0) is 64.5. The van der Waals surface area contributed by atoms with E-state index in [1.54, 1.807) is 0 Å². The average Bonchev–Trinajstić information content (AvgIpc) is 0.740. The van der Waals surface area contributed by atoms with E-state index in [-0.39, 0.29) is 7.43 Å². The van der Waals surface area contributed by atoms with Crippen LogP contribution in [0.1, 0.15) is 7.43 Å². The molecule has 0 aliphatic rings. The highest BCUT2D eigenvalue weighted by Gasteiger charge is 2.24. The number of fused-ring (bicyclic) bond motifs is 10. The van der Waals surface area contributed by atoms with Gasteiger partial charge in [0.25, 0.3) is 0 Å². The molecule has 460 valence electrons. The van der Waals surface area contributed by atoms with Gasteiger partial charge in [0.2, 0.25) is 0 Å². The van der Waals surface area contributed by atoms with Gasteiger partial charge < -0.3 is 10.0 Å². The first-order chi connectivity index (χ1) is 47.4. The van der Waals surface area contributed by atoms with Gasteiger partial charge in [-0.15, -0.1) is 0 Å². The third kappa shape index (κ3) is 11.8. The van der Waals surface area contributed by atoms with E-state index in [9.17, 15) is 10.0 Å².